The first-order chi connectivity index (χ1) is 12.3. The van der Waals surface area contributed by atoms with Crippen molar-refractivity contribution in [1.29, 1.82) is 5.26 Å². The van der Waals surface area contributed by atoms with E-state index in [1.807, 2.05) is 0 Å². The van der Waals surface area contributed by atoms with Gasteiger partial charge in [-0.15, -0.1) is 0 Å². The molecule has 1 atom stereocenters. The molecule has 0 saturated carbocycles. The van der Waals surface area contributed by atoms with Crippen LogP contribution in [0.25, 0.3) is 0 Å². The molecule has 2 heterocycles. The van der Waals surface area contributed by atoms with E-state index in [0.29, 0.717) is 6.04 Å². The van der Waals surface area contributed by atoms with Crippen molar-refractivity contribution in [1.82, 2.24) is 14.7 Å². The molecule has 0 unspecified atom stereocenters. The third kappa shape index (κ3) is 4.11. The number of piperidine rings is 1. The van der Waals surface area contributed by atoms with Crippen molar-refractivity contribution >= 4 is 0 Å². The van der Waals surface area contributed by atoms with Crippen LogP contribution in [0, 0.1) is 11.3 Å². The molecular weight excluding hydrogens is 320 g/mol. The Bertz CT molecular complexity index is 620. The van der Waals surface area contributed by atoms with Gasteiger partial charge in [-0.25, -0.2) is 0 Å². The van der Waals surface area contributed by atoms with Gasteiger partial charge >= 0.3 is 0 Å². The highest BCUT2D eigenvalue weighted by atomic mass is 15.3. The fourth-order valence-corrected chi connectivity index (χ4v) is 4.48. The molecule has 4 heteroatoms. The summed E-state index contributed by atoms with van der Waals surface area (Å²) in [6.45, 7) is 15.2. The number of hydrogen-bond acceptors (Lipinski definition) is 4. The van der Waals surface area contributed by atoms with Crippen LogP contribution in [0.4, 0.5) is 0 Å². The van der Waals surface area contributed by atoms with Gasteiger partial charge in [-0.1, -0.05) is 30.3 Å². The number of benzene rings is 1. The lowest BCUT2D eigenvalue weighted by atomic mass is 9.84. The summed E-state index contributed by atoms with van der Waals surface area (Å²) in [4.78, 5) is 7.57. The van der Waals surface area contributed by atoms with Gasteiger partial charge in [0, 0.05) is 50.8 Å². The summed E-state index contributed by atoms with van der Waals surface area (Å²) < 4.78 is 0. The third-order valence-electron chi connectivity index (χ3n) is 6.35. The average molecular weight is 355 g/mol. The number of nitriles is 1. The Labute approximate surface area is 159 Å². The highest BCUT2D eigenvalue weighted by molar-refractivity contribution is 5.16. The summed E-state index contributed by atoms with van der Waals surface area (Å²) in [6, 6.07) is 13.9. The second-order valence-corrected chi connectivity index (χ2v) is 9.05. The van der Waals surface area contributed by atoms with Gasteiger partial charge < -0.3 is 0 Å². The minimum atomic E-state index is -0.269. The Balaban J connectivity index is 1.61. The average Bonchev–Trinajstić information content (AvgIpc) is 2.63. The van der Waals surface area contributed by atoms with Crippen LogP contribution in [0.15, 0.2) is 30.3 Å². The first-order valence-corrected chi connectivity index (χ1v) is 10.0. The Morgan fingerprint density at radius 3 is 2.27 bits per heavy atom. The summed E-state index contributed by atoms with van der Waals surface area (Å²) in [6.07, 6.45) is 1.93. The maximum Gasteiger partial charge on any atom is 0.111 e. The molecule has 0 bridgehead atoms. The standard InChI is InChI=1S/C22H34N4/c1-19-16-26(15-14-24(19)17-20-8-6-5-7-9-20)22(18-23)10-12-25(13-11-22)21(2,3)4/h5-9,19H,10-17H2,1-4H3/t19-/m0/s1. The van der Waals surface area contributed by atoms with Gasteiger partial charge in [-0.05, 0) is 46.1 Å². The Hall–Kier alpha value is -1.41. The fraction of sp³-hybridized carbons (Fsp3) is 0.682. The second kappa shape index (κ2) is 7.68. The quantitative estimate of drug-likeness (QED) is 0.833. The van der Waals surface area contributed by atoms with Crippen molar-refractivity contribution in [2.45, 2.75) is 64.2 Å². The van der Waals surface area contributed by atoms with Gasteiger partial charge in [0.05, 0.1) is 6.07 Å². The molecule has 1 aromatic rings. The van der Waals surface area contributed by atoms with Crippen LogP contribution in [-0.4, -0.2) is 64.5 Å². The molecule has 0 N–H and O–H groups in total. The van der Waals surface area contributed by atoms with Crippen LogP contribution in [-0.2, 0) is 6.54 Å². The van der Waals surface area contributed by atoms with Crippen molar-refractivity contribution < 1.29 is 0 Å². The summed E-state index contributed by atoms with van der Waals surface area (Å²) >= 11 is 0. The van der Waals surface area contributed by atoms with E-state index in [2.05, 4.69) is 78.8 Å². The molecule has 0 spiro atoms. The summed E-state index contributed by atoms with van der Waals surface area (Å²) in [5, 5.41) is 10.0. The zero-order chi connectivity index (χ0) is 18.8. The van der Waals surface area contributed by atoms with Gasteiger partial charge in [0.15, 0.2) is 0 Å². The van der Waals surface area contributed by atoms with Crippen molar-refractivity contribution in [3.05, 3.63) is 35.9 Å². The van der Waals surface area contributed by atoms with Gasteiger partial charge in [0.2, 0.25) is 0 Å². The number of rotatable bonds is 3. The highest BCUT2D eigenvalue weighted by Gasteiger charge is 2.44. The summed E-state index contributed by atoms with van der Waals surface area (Å²) in [7, 11) is 0. The molecule has 0 amide bonds. The maximum atomic E-state index is 10.0. The minimum absolute atomic E-state index is 0.198. The van der Waals surface area contributed by atoms with E-state index in [1.54, 1.807) is 0 Å². The largest absolute Gasteiger partial charge is 0.298 e. The Morgan fingerprint density at radius 2 is 1.73 bits per heavy atom. The molecule has 0 aromatic heterocycles. The highest BCUT2D eigenvalue weighted by Crippen LogP contribution is 2.33. The lowest BCUT2D eigenvalue weighted by Crippen LogP contribution is -2.63. The first-order valence-electron chi connectivity index (χ1n) is 10.0. The van der Waals surface area contributed by atoms with Crippen molar-refractivity contribution in [2.75, 3.05) is 32.7 Å². The molecule has 1 aromatic carbocycles. The number of hydrogen-bond donors (Lipinski definition) is 0. The van der Waals surface area contributed by atoms with Crippen LogP contribution in [0.5, 0.6) is 0 Å². The van der Waals surface area contributed by atoms with Crippen LogP contribution < -0.4 is 0 Å². The SMILES string of the molecule is C[C@H]1CN(C2(C#N)CCN(C(C)(C)C)CC2)CCN1Cc1ccccc1. The predicted molar refractivity (Wildman–Crippen MR) is 107 cm³/mol. The van der Waals surface area contributed by atoms with E-state index < -0.39 is 0 Å². The Morgan fingerprint density at radius 1 is 1.08 bits per heavy atom. The van der Waals surface area contributed by atoms with Gasteiger partial charge in [0.1, 0.15) is 5.54 Å². The number of piperazine rings is 1. The molecule has 2 aliphatic heterocycles. The third-order valence-corrected chi connectivity index (χ3v) is 6.35. The second-order valence-electron chi connectivity index (χ2n) is 9.05. The van der Waals surface area contributed by atoms with E-state index in [-0.39, 0.29) is 11.1 Å². The number of nitrogens with zero attached hydrogens (tertiary/aromatic N) is 4. The minimum Gasteiger partial charge on any atom is -0.298 e. The van der Waals surface area contributed by atoms with Gasteiger partial charge in [-0.3, -0.25) is 14.7 Å². The van der Waals surface area contributed by atoms with Crippen LogP contribution in [0.1, 0.15) is 46.1 Å². The maximum absolute atomic E-state index is 10.0. The van der Waals surface area contributed by atoms with E-state index in [9.17, 15) is 5.26 Å². The monoisotopic (exact) mass is 354 g/mol. The lowest BCUT2D eigenvalue weighted by Gasteiger charge is -2.51. The van der Waals surface area contributed by atoms with E-state index in [4.69, 9.17) is 0 Å². The van der Waals surface area contributed by atoms with Gasteiger partial charge in [0.25, 0.3) is 0 Å². The topological polar surface area (TPSA) is 33.5 Å². The summed E-state index contributed by atoms with van der Waals surface area (Å²) in [5.74, 6) is 0. The van der Waals surface area contributed by atoms with Crippen molar-refractivity contribution in [2.24, 2.45) is 0 Å². The predicted octanol–water partition coefficient (Wildman–Crippen LogP) is 3.35. The molecule has 2 aliphatic rings. The van der Waals surface area contributed by atoms with Crippen molar-refractivity contribution in [3.63, 3.8) is 0 Å². The van der Waals surface area contributed by atoms with E-state index >= 15 is 0 Å². The molecule has 2 saturated heterocycles. The zero-order valence-electron chi connectivity index (χ0n) is 16.9. The molecule has 4 nitrogen and oxygen atoms in total. The smallest absolute Gasteiger partial charge is 0.111 e. The molecule has 2 fully saturated rings. The van der Waals surface area contributed by atoms with Crippen LogP contribution >= 0.6 is 0 Å². The van der Waals surface area contributed by atoms with Crippen LogP contribution in [0.2, 0.25) is 0 Å². The van der Waals surface area contributed by atoms with Crippen molar-refractivity contribution in [3.8, 4) is 6.07 Å². The molecule has 142 valence electrons. The molecule has 0 radical (unpaired) electrons. The molecule has 0 aliphatic carbocycles. The van der Waals surface area contributed by atoms with E-state index in [1.165, 1.54) is 5.56 Å². The van der Waals surface area contributed by atoms with Gasteiger partial charge in [-0.2, -0.15) is 5.26 Å². The molecule has 3 rings (SSSR count). The normalized spacial score (nSPS) is 25.7. The Kier molecular flexibility index (Phi) is 5.72. The molecular formula is C22H34N4. The first kappa shape index (κ1) is 19.4. The molecule has 26 heavy (non-hydrogen) atoms. The van der Waals surface area contributed by atoms with Crippen LogP contribution in [0.3, 0.4) is 0 Å². The summed E-state index contributed by atoms with van der Waals surface area (Å²) in [5.41, 5.74) is 1.30. The zero-order valence-corrected chi connectivity index (χ0v) is 16.9. The fourth-order valence-electron chi connectivity index (χ4n) is 4.48. The van der Waals surface area contributed by atoms with E-state index in [0.717, 1.165) is 52.1 Å². The number of likely N-dealkylation sites (tertiary alicyclic amines) is 1. The lowest BCUT2D eigenvalue weighted by molar-refractivity contribution is -0.0182.